The minimum Gasteiger partial charge on any atom is -0.435 e. The van der Waals surface area contributed by atoms with Crippen LogP contribution in [0, 0.1) is 6.92 Å². The molecule has 3 rings (SSSR count). The molecular formula is C16H13F2N3O2. The highest BCUT2D eigenvalue weighted by molar-refractivity contribution is 5.87. The van der Waals surface area contributed by atoms with Crippen molar-refractivity contribution in [3.63, 3.8) is 0 Å². The minimum atomic E-state index is -2.90. The van der Waals surface area contributed by atoms with Crippen molar-refractivity contribution in [1.29, 1.82) is 0 Å². The molecule has 0 saturated heterocycles. The number of rotatable bonds is 3. The standard InChI is InChI=1S/C16H13F2N3O2/c1-9-6-13-15(20-8-9)12(19)7-14(22)21(13)10-2-4-11(5-3-10)23-16(17)18/h2-8,16H,19H2,1H3. The first kappa shape index (κ1) is 15.0. The van der Waals surface area contributed by atoms with E-state index in [9.17, 15) is 13.6 Å². The molecule has 0 saturated carbocycles. The zero-order chi connectivity index (χ0) is 16.6. The van der Waals surface area contributed by atoms with Crippen LogP contribution in [-0.2, 0) is 0 Å². The molecule has 5 nitrogen and oxygen atoms in total. The van der Waals surface area contributed by atoms with Crippen LogP contribution in [0.5, 0.6) is 5.75 Å². The second-order valence-corrected chi connectivity index (χ2v) is 5.03. The van der Waals surface area contributed by atoms with Gasteiger partial charge < -0.3 is 10.5 Å². The largest absolute Gasteiger partial charge is 0.435 e. The van der Waals surface area contributed by atoms with Crippen molar-refractivity contribution in [2.45, 2.75) is 13.5 Å². The van der Waals surface area contributed by atoms with E-state index in [0.717, 1.165) is 5.56 Å². The number of nitrogens with two attached hydrogens (primary N) is 1. The Hall–Kier alpha value is -2.96. The number of hydrogen-bond acceptors (Lipinski definition) is 4. The molecule has 0 aliphatic carbocycles. The van der Waals surface area contributed by atoms with E-state index in [0.29, 0.717) is 22.4 Å². The summed E-state index contributed by atoms with van der Waals surface area (Å²) in [5, 5.41) is 0. The number of hydrogen-bond donors (Lipinski definition) is 1. The van der Waals surface area contributed by atoms with Crippen molar-refractivity contribution in [3.8, 4) is 11.4 Å². The molecule has 0 atom stereocenters. The predicted octanol–water partition coefficient (Wildman–Crippen LogP) is 2.88. The quantitative estimate of drug-likeness (QED) is 0.806. The summed E-state index contributed by atoms with van der Waals surface area (Å²) in [7, 11) is 0. The number of ether oxygens (including phenoxy) is 1. The topological polar surface area (TPSA) is 70.1 Å². The van der Waals surface area contributed by atoms with Gasteiger partial charge in [0.1, 0.15) is 11.3 Å². The number of pyridine rings is 2. The second kappa shape index (κ2) is 5.68. The van der Waals surface area contributed by atoms with Crippen molar-refractivity contribution < 1.29 is 13.5 Å². The van der Waals surface area contributed by atoms with Gasteiger partial charge in [-0.25, -0.2) is 0 Å². The highest BCUT2D eigenvalue weighted by atomic mass is 19.3. The molecule has 0 unspecified atom stereocenters. The van der Waals surface area contributed by atoms with E-state index in [1.807, 2.05) is 6.92 Å². The summed E-state index contributed by atoms with van der Waals surface area (Å²) in [6.45, 7) is -1.04. The van der Waals surface area contributed by atoms with Crippen LogP contribution in [0.15, 0.2) is 47.4 Å². The molecule has 0 radical (unpaired) electrons. The van der Waals surface area contributed by atoms with E-state index in [1.54, 1.807) is 12.3 Å². The van der Waals surface area contributed by atoms with Crippen LogP contribution in [-0.4, -0.2) is 16.2 Å². The molecule has 0 bridgehead atoms. The number of benzene rings is 1. The van der Waals surface area contributed by atoms with Gasteiger partial charge in [-0.15, -0.1) is 0 Å². The molecule has 2 aromatic heterocycles. The number of alkyl halides is 2. The van der Waals surface area contributed by atoms with Gasteiger partial charge in [0.2, 0.25) is 0 Å². The van der Waals surface area contributed by atoms with Gasteiger partial charge in [-0.3, -0.25) is 14.3 Å². The lowest BCUT2D eigenvalue weighted by Gasteiger charge is -2.12. The maximum absolute atomic E-state index is 12.3. The average Bonchev–Trinajstić information content (AvgIpc) is 2.48. The first-order chi connectivity index (χ1) is 11.0. The van der Waals surface area contributed by atoms with Crippen LogP contribution in [0.2, 0.25) is 0 Å². The maximum atomic E-state index is 12.3. The second-order valence-electron chi connectivity index (χ2n) is 5.03. The monoisotopic (exact) mass is 317 g/mol. The molecular weight excluding hydrogens is 304 g/mol. The Morgan fingerprint density at radius 1 is 1.22 bits per heavy atom. The zero-order valence-corrected chi connectivity index (χ0v) is 12.2. The molecule has 0 fully saturated rings. The van der Waals surface area contributed by atoms with E-state index >= 15 is 0 Å². The van der Waals surface area contributed by atoms with Gasteiger partial charge >= 0.3 is 6.61 Å². The third-order valence-corrected chi connectivity index (χ3v) is 3.34. The molecule has 0 amide bonds. The Kier molecular flexibility index (Phi) is 3.69. The van der Waals surface area contributed by atoms with Gasteiger partial charge in [0.15, 0.2) is 0 Å². The highest BCUT2D eigenvalue weighted by Gasteiger charge is 2.11. The van der Waals surface area contributed by atoms with Gasteiger partial charge in [-0.2, -0.15) is 8.78 Å². The minimum absolute atomic E-state index is 0.0193. The summed E-state index contributed by atoms with van der Waals surface area (Å²) in [6, 6.07) is 8.88. The van der Waals surface area contributed by atoms with E-state index in [4.69, 9.17) is 5.73 Å². The molecule has 23 heavy (non-hydrogen) atoms. The highest BCUT2D eigenvalue weighted by Crippen LogP contribution is 2.22. The summed E-state index contributed by atoms with van der Waals surface area (Å²) in [5.41, 5.74) is 8.25. The lowest BCUT2D eigenvalue weighted by molar-refractivity contribution is -0.0498. The van der Waals surface area contributed by atoms with Gasteiger partial charge in [0.25, 0.3) is 5.56 Å². The first-order valence-electron chi connectivity index (χ1n) is 6.79. The number of anilines is 1. The third kappa shape index (κ3) is 2.85. The van der Waals surface area contributed by atoms with E-state index in [-0.39, 0.29) is 11.3 Å². The molecule has 3 aromatic rings. The number of fused-ring (bicyclic) bond motifs is 1. The number of aromatic nitrogens is 2. The molecule has 1 aromatic carbocycles. The summed E-state index contributed by atoms with van der Waals surface area (Å²) < 4.78 is 30.1. The number of aryl methyl sites for hydroxylation is 1. The third-order valence-electron chi connectivity index (χ3n) is 3.34. The number of nitrogen functional groups attached to an aromatic ring is 1. The molecule has 0 spiro atoms. The Balaban J connectivity index is 2.19. The van der Waals surface area contributed by atoms with Crippen LogP contribution >= 0.6 is 0 Å². The van der Waals surface area contributed by atoms with E-state index in [1.165, 1.54) is 34.9 Å². The summed E-state index contributed by atoms with van der Waals surface area (Å²) >= 11 is 0. The summed E-state index contributed by atoms with van der Waals surface area (Å²) in [5.74, 6) is 0.0193. The fraction of sp³-hybridized carbons (Fsp3) is 0.125. The fourth-order valence-corrected chi connectivity index (χ4v) is 2.37. The van der Waals surface area contributed by atoms with Gasteiger partial charge in [0, 0.05) is 18.0 Å². The van der Waals surface area contributed by atoms with Crippen molar-refractivity contribution in [1.82, 2.24) is 9.55 Å². The van der Waals surface area contributed by atoms with E-state index < -0.39 is 6.61 Å². The van der Waals surface area contributed by atoms with Crippen LogP contribution < -0.4 is 16.0 Å². The summed E-state index contributed by atoms with van der Waals surface area (Å²) in [4.78, 5) is 16.6. The Morgan fingerprint density at radius 2 is 1.91 bits per heavy atom. The summed E-state index contributed by atoms with van der Waals surface area (Å²) in [6.07, 6.45) is 1.66. The lowest BCUT2D eigenvalue weighted by atomic mass is 10.2. The number of halogens is 2. The lowest BCUT2D eigenvalue weighted by Crippen LogP contribution is -2.19. The molecule has 2 N–H and O–H groups in total. The van der Waals surface area contributed by atoms with Gasteiger partial charge in [0.05, 0.1) is 11.2 Å². The Morgan fingerprint density at radius 3 is 2.57 bits per heavy atom. The zero-order valence-electron chi connectivity index (χ0n) is 12.2. The van der Waals surface area contributed by atoms with Crippen molar-refractivity contribution in [2.75, 3.05) is 5.73 Å². The maximum Gasteiger partial charge on any atom is 0.387 e. The SMILES string of the molecule is Cc1cnc2c(N)cc(=O)n(-c3ccc(OC(F)F)cc3)c2c1. The fourth-order valence-electron chi connectivity index (χ4n) is 2.37. The predicted molar refractivity (Wildman–Crippen MR) is 83.1 cm³/mol. The van der Waals surface area contributed by atoms with Crippen LogP contribution in [0.1, 0.15) is 5.56 Å². The van der Waals surface area contributed by atoms with Crippen LogP contribution in [0.3, 0.4) is 0 Å². The first-order valence-corrected chi connectivity index (χ1v) is 6.79. The average molecular weight is 317 g/mol. The van der Waals surface area contributed by atoms with Gasteiger partial charge in [-0.1, -0.05) is 0 Å². The Bertz CT molecular complexity index is 921. The smallest absolute Gasteiger partial charge is 0.387 e. The van der Waals surface area contributed by atoms with Gasteiger partial charge in [-0.05, 0) is 42.8 Å². The molecule has 2 heterocycles. The van der Waals surface area contributed by atoms with Crippen LogP contribution in [0.25, 0.3) is 16.7 Å². The number of nitrogens with zero attached hydrogens (tertiary/aromatic N) is 2. The van der Waals surface area contributed by atoms with Crippen molar-refractivity contribution >= 4 is 16.7 Å². The molecule has 118 valence electrons. The molecule has 0 aliphatic heterocycles. The van der Waals surface area contributed by atoms with Crippen molar-refractivity contribution in [3.05, 3.63) is 58.5 Å². The van der Waals surface area contributed by atoms with E-state index in [2.05, 4.69) is 9.72 Å². The normalized spacial score (nSPS) is 11.1. The van der Waals surface area contributed by atoms with Crippen LogP contribution in [0.4, 0.5) is 14.5 Å². The van der Waals surface area contributed by atoms with Crippen molar-refractivity contribution in [2.24, 2.45) is 0 Å². The molecule has 7 heteroatoms. The Labute approximate surface area is 129 Å². The molecule has 0 aliphatic rings.